The van der Waals surface area contributed by atoms with Gasteiger partial charge in [0.2, 0.25) is 0 Å². The highest BCUT2D eigenvalue weighted by atomic mass is 31.2. The number of hydrogen-bond acceptors (Lipinski definition) is 24. The van der Waals surface area contributed by atoms with E-state index < -0.39 is 162 Å². The van der Waals surface area contributed by atoms with E-state index in [-0.39, 0.29) is 32.1 Å². The maximum Gasteiger partial charge on any atom is 0.472 e. The predicted molar refractivity (Wildman–Crippen MR) is 435 cm³/mol. The van der Waals surface area contributed by atoms with Gasteiger partial charge in [-0.05, 0) is 103 Å². The highest BCUT2D eigenvalue weighted by Crippen LogP contribution is 2.49. The third-order valence-electron chi connectivity index (χ3n) is 21.6. The number of hydrogen-bond donors (Lipinski definition) is 10. The van der Waals surface area contributed by atoms with Crippen molar-refractivity contribution in [3.8, 4) is 0 Å². The predicted octanol–water partition coefficient (Wildman–Crippen LogP) is 15.5. The van der Waals surface area contributed by atoms with Gasteiger partial charge < -0.3 is 88.7 Å². The summed E-state index contributed by atoms with van der Waals surface area (Å²) in [7, 11) is -5.81. The van der Waals surface area contributed by atoms with Gasteiger partial charge in [0.05, 0.1) is 13.2 Å². The number of phosphoric ester groups is 1. The molecule has 3 fully saturated rings. The van der Waals surface area contributed by atoms with Crippen LogP contribution < -0.4 is 0 Å². The first-order valence-electron chi connectivity index (χ1n) is 44.7. The van der Waals surface area contributed by atoms with Crippen LogP contribution in [0, 0.1) is 0 Å². The minimum absolute atomic E-state index is 0.00861. The van der Waals surface area contributed by atoms with Crippen LogP contribution in [-0.2, 0) is 70.7 Å². The van der Waals surface area contributed by atoms with Gasteiger partial charge in [-0.3, -0.25) is 28.2 Å². The highest BCUT2D eigenvalue weighted by Gasteiger charge is 2.60. The number of esters is 4. The Labute approximate surface area is 678 Å². The van der Waals surface area contributed by atoms with Crippen LogP contribution in [0.15, 0.2) is 36.5 Å². The number of carbonyl (C=O) groups excluding carboxylic acids is 4. The molecule has 0 spiro atoms. The van der Waals surface area contributed by atoms with Gasteiger partial charge in [0.15, 0.2) is 24.8 Å². The Kier molecular flexibility index (Phi) is 61.1. The molecule has 10 N–H and O–H groups in total. The fourth-order valence-corrected chi connectivity index (χ4v) is 15.4. The van der Waals surface area contributed by atoms with E-state index in [1.165, 1.54) is 128 Å². The van der Waals surface area contributed by atoms with E-state index in [9.17, 15) is 74.6 Å². The summed E-state index contributed by atoms with van der Waals surface area (Å²) >= 11 is 0. The zero-order valence-electron chi connectivity index (χ0n) is 69.9. The van der Waals surface area contributed by atoms with Gasteiger partial charge in [-0.1, -0.05) is 270 Å². The second-order valence-electron chi connectivity index (χ2n) is 31.7. The fourth-order valence-electron chi connectivity index (χ4n) is 14.4. The topological polar surface area (TPSA) is 380 Å². The van der Waals surface area contributed by atoms with Gasteiger partial charge in [-0.25, -0.2) is 4.57 Å². The first-order valence-corrected chi connectivity index (χ1v) is 46.2. The van der Waals surface area contributed by atoms with Crippen LogP contribution in [0.1, 0.15) is 362 Å². The number of rotatable bonds is 71. The van der Waals surface area contributed by atoms with Crippen molar-refractivity contribution in [2.75, 3.05) is 26.4 Å². The number of allylic oxidation sites excluding steroid dienone is 6. The lowest BCUT2D eigenvalue weighted by Crippen LogP contribution is -2.70. The second-order valence-corrected chi connectivity index (χ2v) is 33.1. The second kappa shape index (κ2) is 66.5. The van der Waals surface area contributed by atoms with Gasteiger partial charge in [0.25, 0.3) is 0 Å². The summed E-state index contributed by atoms with van der Waals surface area (Å²) in [5.74, 6) is -3.01. The molecule has 2 aliphatic heterocycles. The lowest BCUT2D eigenvalue weighted by atomic mass is 9.84. The summed E-state index contributed by atoms with van der Waals surface area (Å²) in [6, 6.07) is 0. The first-order chi connectivity index (χ1) is 54.7. The molecule has 0 aromatic rings. The molecular weight excluding hydrogens is 1480 g/mol. The molecule has 660 valence electrons. The van der Waals surface area contributed by atoms with E-state index >= 15 is 0 Å². The SMILES string of the molecule is CCCCCC/C=C\CCCCCCCCCC(=O)OC(COC(=O)CCCCCCCCCCCCCCC)COP(=O)(O)OC1C(OC2OC(CO)C(O)C(O)C2O)C(O)C(O)C(OC(=O)CCCCC/C=C\CCCCCCCC)C1OC1OC(COC(=O)CCCCC/C=C\CCCCCCCC)C(O)C(O)C1O. The Morgan fingerprint density at radius 2 is 0.664 bits per heavy atom. The standard InChI is InChI=1S/C87H157O25P/c1-5-9-13-17-21-25-29-33-34-38-42-45-49-53-57-61-72(91)106-67(64-103-70(89)59-55-51-47-43-39-35-30-26-22-18-14-10-6-2)65-105-113(101,102)112-85-83(110-86-80(99)76(95)74(93)68(63-88)107-86)79(98)78(97)82(109-73(92)62-58-54-50-46-41-37-32-28-24-20-16-12-8-4)84(85)111-87-81(100)77(96)75(94)69(108-87)66-104-71(90)60-56-52-48-44-40-36-31-27-23-19-15-11-7-3/h25,29,36-37,40-41,67-69,74-88,93-100H,5-24,26-28,30-35,38-39,42-66H2,1-4H3,(H,101,102)/b29-25-,40-36-,41-37-. The lowest BCUT2D eigenvalue weighted by molar-refractivity contribution is -0.360. The van der Waals surface area contributed by atoms with E-state index in [1.807, 2.05) is 0 Å². The zero-order chi connectivity index (χ0) is 82.5. The molecule has 0 amide bonds. The summed E-state index contributed by atoms with van der Waals surface area (Å²) in [5.41, 5.74) is 0. The molecule has 0 aromatic carbocycles. The summed E-state index contributed by atoms with van der Waals surface area (Å²) < 4.78 is 73.2. The van der Waals surface area contributed by atoms with E-state index in [0.717, 1.165) is 128 Å². The maximum atomic E-state index is 14.9. The molecule has 2 saturated heterocycles. The van der Waals surface area contributed by atoms with Crippen molar-refractivity contribution >= 4 is 31.7 Å². The molecule has 1 saturated carbocycles. The molecule has 113 heavy (non-hydrogen) atoms. The molecular formula is C87H157O25P. The Morgan fingerprint density at radius 3 is 1.07 bits per heavy atom. The third-order valence-corrected chi connectivity index (χ3v) is 22.6. The number of carbonyl (C=O) groups is 4. The van der Waals surface area contributed by atoms with E-state index in [0.29, 0.717) is 44.9 Å². The van der Waals surface area contributed by atoms with Gasteiger partial charge in [-0.15, -0.1) is 0 Å². The van der Waals surface area contributed by atoms with Crippen molar-refractivity contribution in [1.29, 1.82) is 0 Å². The molecule has 0 aromatic heterocycles. The number of ether oxygens (including phenoxy) is 8. The molecule has 18 unspecified atom stereocenters. The largest absolute Gasteiger partial charge is 0.472 e. The highest BCUT2D eigenvalue weighted by molar-refractivity contribution is 7.47. The van der Waals surface area contributed by atoms with Crippen LogP contribution in [0.4, 0.5) is 0 Å². The summed E-state index contributed by atoms with van der Waals surface area (Å²) in [5, 5.41) is 102. The molecule has 3 aliphatic rings. The van der Waals surface area contributed by atoms with Crippen LogP contribution in [0.25, 0.3) is 0 Å². The van der Waals surface area contributed by atoms with Crippen molar-refractivity contribution < 1.29 is 122 Å². The van der Waals surface area contributed by atoms with Crippen LogP contribution in [0.5, 0.6) is 0 Å². The number of unbranched alkanes of at least 4 members (excludes halogenated alkanes) is 41. The first kappa shape index (κ1) is 104. The number of aliphatic hydroxyl groups excluding tert-OH is 9. The van der Waals surface area contributed by atoms with Crippen molar-refractivity contribution in [3.63, 3.8) is 0 Å². The molecule has 25 nitrogen and oxygen atoms in total. The zero-order valence-corrected chi connectivity index (χ0v) is 70.8. The molecule has 0 bridgehead atoms. The van der Waals surface area contributed by atoms with E-state index in [4.69, 9.17) is 46.9 Å². The smallest absolute Gasteiger partial charge is 0.463 e. The van der Waals surface area contributed by atoms with Crippen LogP contribution in [-0.4, -0.2) is 205 Å². The molecule has 2 heterocycles. The van der Waals surface area contributed by atoms with Crippen LogP contribution in [0.3, 0.4) is 0 Å². The Balaban J connectivity index is 1.94. The van der Waals surface area contributed by atoms with Crippen molar-refractivity contribution in [1.82, 2.24) is 0 Å². The van der Waals surface area contributed by atoms with Crippen molar-refractivity contribution in [2.24, 2.45) is 0 Å². The fraction of sp³-hybridized carbons (Fsp3) is 0.885. The summed E-state index contributed by atoms with van der Waals surface area (Å²) in [6.45, 7) is 5.51. The van der Waals surface area contributed by atoms with Gasteiger partial charge >= 0.3 is 31.7 Å². The maximum absolute atomic E-state index is 14.9. The van der Waals surface area contributed by atoms with Gasteiger partial charge in [0, 0.05) is 25.7 Å². The average molecular weight is 1630 g/mol. The monoisotopic (exact) mass is 1630 g/mol. The molecule has 0 radical (unpaired) electrons. The minimum atomic E-state index is -5.81. The average Bonchev–Trinajstić information content (AvgIpc) is 0.754. The quantitative estimate of drug-likeness (QED) is 0.00889. The molecule has 18 atom stereocenters. The summed E-state index contributed by atoms with van der Waals surface area (Å²) in [4.78, 5) is 66.2. The van der Waals surface area contributed by atoms with Crippen LogP contribution in [0.2, 0.25) is 0 Å². The summed E-state index contributed by atoms with van der Waals surface area (Å²) in [6.07, 6.45) is 26.0. The van der Waals surface area contributed by atoms with Gasteiger partial charge in [-0.2, -0.15) is 0 Å². The molecule has 26 heteroatoms. The molecule has 1 aliphatic carbocycles. The Morgan fingerprint density at radius 1 is 0.345 bits per heavy atom. The Bertz CT molecular complexity index is 2510. The van der Waals surface area contributed by atoms with Gasteiger partial charge in [0.1, 0.15) is 92.6 Å². The van der Waals surface area contributed by atoms with Crippen molar-refractivity contribution in [3.05, 3.63) is 36.5 Å². The van der Waals surface area contributed by atoms with E-state index in [1.54, 1.807) is 0 Å². The Hall–Kier alpha value is -3.31. The number of phosphoric acid groups is 1. The third kappa shape index (κ3) is 47.3. The molecule has 3 rings (SSSR count). The lowest BCUT2D eigenvalue weighted by Gasteiger charge is -2.50. The van der Waals surface area contributed by atoms with Crippen molar-refractivity contribution in [2.45, 2.75) is 466 Å². The van der Waals surface area contributed by atoms with E-state index in [2.05, 4.69) is 64.2 Å². The minimum Gasteiger partial charge on any atom is -0.463 e. The normalized spacial score (nSPS) is 25.6. The number of aliphatic hydroxyl groups is 9. The van der Waals surface area contributed by atoms with Crippen LogP contribution >= 0.6 is 7.82 Å².